The van der Waals surface area contributed by atoms with Crippen LogP contribution in [-0.4, -0.2) is 33.5 Å². The smallest absolute Gasteiger partial charge is 0.332 e. The third-order valence-corrected chi connectivity index (χ3v) is 3.00. The fraction of sp³-hybridized carbons (Fsp3) is 0.417. The molecule has 1 aromatic rings. The predicted octanol–water partition coefficient (Wildman–Crippen LogP) is 1.96. The molecule has 0 aromatic heterocycles. The Labute approximate surface area is 96.4 Å². The number of quaternary nitrogens is 1. The van der Waals surface area contributed by atoms with E-state index < -0.39 is 0 Å². The van der Waals surface area contributed by atoms with E-state index >= 15 is 0 Å². The molecule has 0 aliphatic carbocycles. The number of nitrogens with zero attached hydrogens (tertiary/aromatic N) is 1. The minimum atomic E-state index is -0.248. The number of carbonyl (C=O) groups excluding carboxylic acids is 1. The zero-order valence-electron chi connectivity index (χ0n) is 10.2. The minimum Gasteiger partial charge on any atom is -0.332 e. The van der Waals surface area contributed by atoms with Crippen LogP contribution < -0.4 is 9.80 Å². The lowest BCUT2D eigenvalue weighted by Gasteiger charge is -2.34. The van der Waals surface area contributed by atoms with E-state index in [1.807, 2.05) is 44.3 Å². The maximum atomic E-state index is 12.0. The average molecular weight is 223 g/mol. The molecule has 4 heteroatoms. The van der Waals surface area contributed by atoms with Crippen molar-refractivity contribution in [2.45, 2.75) is 13.2 Å². The van der Waals surface area contributed by atoms with Gasteiger partial charge in [-0.3, -0.25) is 0 Å². The van der Waals surface area contributed by atoms with Crippen LogP contribution in [0.25, 0.3) is 0 Å². The summed E-state index contributed by atoms with van der Waals surface area (Å²) in [6.45, 7) is 1.88. The van der Waals surface area contributed by atoms with Crippen molar-refractivity contribution in [3.05, 3.63) is 30.3 Å². The normalized spacial score (nSPS) is 16.2. The van der Waals surface area contributed by atoms with E-state index in [9.17, 15) is 4.79 Å². The molecule has 16 heavy (non-hydrogen) atoms. The lowest BCUT2D eigenvalue weighted by molar-refractivity contribution is 0.0222. The summed E-state index contributed by atoms with van der Waals surface area (Å²) < 4.78 is 5.38. The van der Waals surface area contributed by atoms with Crippen LogP contribution in [0.1, 0.15) is 6.92 Å². The SMILES string of the molecule is CNC(=O)[N+](C)(c1ccccc1)C(C)OC. The van der Waals surface area contributed by atoms with Crippen molar-refractivity contribution in [1.82, 2.24) is 9.80 Å². The summed E-state index contributed by atoms with van der Waals surface area (Å²) in [6.07, 6.45) is -0.248. The number of rotatable bonds is 3. The van der Waals surface area contributed by atoms with Gasteiger partial charge in [-0.15, -0.1) is 0 Å². The van der Waals surface area contributed by atoms with Gasteiger partial charge in [0.1, 0.15) is 5.69 Å². The highest BCUT2D eigenvalue weighted by Gasteiger charge is 2.39. The number of hydrogen-bond donors (Lipinski definition) is 1. The number of para-hydroxylation sites is 1. The molecule has 0 heterocycles. The van der Waals surface area contributed by atoms with Gasteiger partial charge >= 0.3 is 6.03 Å². The van der Waals surface area contributed by atoms with E-state index in [4.69, 9.17) is 4.74 Å². The van der Waals surface area contributed by atoms with Gasteiger partial charge in [-0.25, -0.2) is 4.79 Å². The second-order valence-electron chi connectivity index (χ2n) is 3.80. The van der Waals surface area contributed by atoms with Gasteiger partial charge in [0.2, 0.25) is 6.23 Å². The standard InChI is InChI=1S/C12H18N2O2/c1-10(16-4)14(3,12(15)13-2)11-8-6-5-7-9-11/h5-10H,1-4H3/p+1. The molecular formula is C12H19N2O2+. The predicted molar refractivity (Wildman–Crippen MR) is 65.1 cm³/mol. The third kappa shape index (κ3) is 2.08. The Kier molecular flexibility index (Phi) is 4.04. The Morgan fingerprint density at radius 1 is 1.38 bits per heavy atom. The van der Waals surface area contributed by atoms with Crippen LogP contribution in [0.3, 0.4) is 0 Å². The number of nitrogens with one attached hydrogen (secondary N) is 1. The first kappa shape index (κ1) is 12.7. The Bertz CT molecular complexity index is 353. The first-order valence-corrected chi connectivity index (χ1v) is 5.24. The Morgan fingerprint density at radius 2 is 1.94 bits per heavy atom. The number of ether oxygens (including phenoxy) is 1. The van der Waals surface area contributed by atoms with Crippen molar-refractivity contribution in [1.29, 1.82) is 0 Å². The van der Waals surface area contributed by atoms with Crippen molar-refractivity contribution < 1.29 is 9.53 Å². The Morgan fingerprint density at radius 3 is 2.38 bits per heavy atom. The third-order valence-electron chi connectivity index (χ3n) is 3.00. The summed E-state index contributed by atoms with van der Waals surface area (Å²) in [7, 11) is 5.07. The second-order valence-corrected chi connectivity index (χ2v) is 3.80. The maximum absolute atomic E-state index is 12.0. The fourth-order valence-corrected chi connectivity index (χ4v) is 1.67. The van der Waals surface area contributed by atoms with Crippen molar-refractivity contribution in [2.24, 2.45) is 0 Å². The molecule has 0 aliphatic heterocycles. The molecule has 88 valence electrons. The highest BCUT2D eigenvalue weighted by atomic mass is 16.5. The first-order chi connectivity index (χ1) is 7.57. The first-order valence-electron chi connectivity index (χ1n) is 5.24. The quantitative estimate of drug-likeness (QED) is 0.628. The number of carbonyl (C=O) groups is 1. The summed E-state index contributed by atoms with van der Waals surface area (Å²) >= 11 is 0. The van der Waals surface area contributed by atoms with Crippen molar-refractivity contribution in [2.75, 3.05) is 21.2 Å². The molecule has 2 unspecified atom stereocenters. The molecule has 0 aliphatic rings. The number of hydrogen-bond acceptors (Lipinski definition) is 2. The van der Waals surface area contributed by atoms with Crippen LogP contribution in [0.5, 0.6) is 0 Å². The minimum absolute atomic E-state index is 0.0772. The van der Waals surface area contributed by atoms with Crippen LogP contribution in [0, 0.1) is 0 Å². The largest absolute Gasteiger partial charge is 0.423 e. The van der Waals surface area contributed by atoms with Gasteiger partial charge in [0, 0.05) is 21.1 Å². The molecule has 0 spiro atoms. The molecule has 0 saturated carbocycles. The summed E-state index contributed by atoms with van der Waals surface area (Å²) in [6, 6.07) is 9.50. The Balaban J connectivity index is 3.20. The van der Waals surface area contributed by atoms with Crippen LogP contribution in [-0.2, 0) is 4.74 Å². The molecule has 0 bridgehead atoms. The number of amides is 2. The van der Waals surface area contributed by atoms with Crippen molar-refractivity contribution in [3.63, 3.8) is 0 Å². The molecule has 0 saturated heterocycles. The highest BCUT2D eigenvalue weighted by molar-refractivity contribution is 5.86. The second kappa shape index (κ2) is 5.09. The molecule has 0 fully saturated rings. The summed E-state index contributed by atoms with van der Waals surface area (Å²) in [5, 5.41) is 2.67. The Hall–Kier alpha value is -1.39. The van der Waals surface area contributed by atoms with E-state index in [1.165, 1.54) is 0 Å². The molecule has 1 rings (SSSR count). The molecule has 2 atom stereocenters. The lowest BCUT2D eigenvalue weighted by Crippen LogP contribution is -2.60. The number of benzene rings is 1. The molecule has 1 aromatic carbocycles. The molecule has 4 nitrogen and oxygen atoms in total. The number of methoxy groups -OCH3 is 1. The van der Waals surface area contributed by atoms with Crippen LogP contribution in [0.2, 0.25) is 0 Å². The highest BCUT2D eigenvalue weighted by Crippen LogP contribution is 2.24. The molecule has 1 N–H and O–H groups in total. The van der Waals surface area contributed by atoms with Crippen molar-refractivity contribution in [3.8, 4) is 0 Å². The zero-order valence-corrected chi connectivity index (χ0v) is 10.2. The fourth-order valence-electron chi connectivity index (χ4n) is 1.67. The van der Waals surface area contributed by atoms with Crippen LogP contribution in [0.15, 0.2) is 30.3 Å². The van der Waals surface area contributed by atoms with Gasteiger partial charge in [-0.05, 0) is 12.1 Å². The summed E-state index contributed by atoms with van der Waals surface area (Å²) in [5.74, 6) is 0. The van der Waals surface area contributed by atoms with Gasteiger partial charge in [0.15, 0.2) is 0 Å². The van der Waals surface area contributed by atoms with Gasteiger partial charge in [-0.1, -0.05) is 18.2 Å². The van der Waals surface area contributed by atoms with Gasteiger partial charge in [0.25, 0.3) is 0 Å². The average Bonchev–Trinajstić information content (AvgIpc) is 2.36. The van der Waals surface area contributed by atoms with Crippen LogP contribution >= 0.6 is 0 Å². The lowest BCUT2D eigenvalue weighted by atomic mass is 10.2. The zero-order chi connectivity index (χ0) is 12.2. The summed E-state index contributed by atoms with van der Waals surface area (Å²) in [5.41, 5.74) is 0.899. The van der Waals surface area contributed by atoms with E-state index in [1.54, 1.807) is 14.2 Å². The number of urea groups is 1. The van der Waals surface area contributed by atoms with Crippen LogP contribution in [0.4, 0.5) is 10.5 Å². The van der Waals surface area contributed by atoms with Gasteiger partial charge in [-0.2, -0.15) is 4.48 Å². The molecular weight excluding hydrogens is 204 g/mol. The van der Waals surface area contributed by atoms with Gasteiger partial charge < -0.3 is 10.1 Å². The van der Waals surface area contributed by atoms with Gasteiger partial charge in [0.05, 0.1) is 7.05 Å². The van der Waals surface area contributed by atoms with E-state index in [2.05, 4.69) is 5.32 Å². The monoisotopic (exact) mass is 223 g/mol. The molecule has 0 radical (unpaired) electrons. The van der Waals surface area contributed by atoms with E-state index in [-0.39, 0.29) is 16.7 Å². The van der Waals surface area contributed by atoms with E-state index in [0.29, 0.717) is 0 Å². The van der Waals surface area contributed by atoms with E-state index in [0.717, 1.165) is 5.69 Å². The topological polar surface area (TPSA) is 38.3 Å². The molecule has 2 amide bonds. The van der Waals surface area contributed by atoms with Crippen molar-refractivity contribution >= 4 is 11.7 Å². The maximum Gasteiger partial charge on any atom is 0.423 e. The summed E-state index contributed by atoms with van der Waals surface area (Å²) in [4.78, 5) is 12.0.